The highest BCUT2D eigenvalue weighted by molar-refractivity contribution is 7.92. The maximum Gasteiger partial charge on any atom is 0.264 e. The van der Waals surface area contributed by atoms with Gasteiger partial charge in [-0.3, -0.25) is 4.72 Å². The smallest absolute Gasteiger partial charge is 0.264 e. The molecule has 204 valence electrons. The largest absolute Gasteiger partial charge is 0.351 e. The van der Waals surface area contributed by atoms with Crippen LogP contribution in [0.25, 0.3) is 22.3 Å². The number of aryl methyl sites for hydroxylation is 2. The summed E-state index contributed by atoms with van der Waals surface area (Å²) in [5.41, 5.74) is 4.79. The molecular formula is C28H32ClN7O2S. The van der Waals surface area contributed by atoms with Crippen LogP contribution in [0.15, 0.2) is 53.7 Å². The second-order valence-electron chi connectivity index (χ2n) is 10.3. The molecule has 0 radical (unpaired) electrons. The Hall–Kier alpha value is -3.34. The van der Waals surface area contributed by atoms with Gasteiger partial charge in [0.05, 0.1) is 22.4 Å². The van der Waals surface area contributed by atoms with Crippen LogP contribution in [0.2, 0.25) is 5.02 Å². The highest BCUT2D eigenvalue weighted by Crippen LogP contribution is 2.29. The van der Waals surface area contributed by atoms with Crippen molar-refractivity contribution >= 4 is 44.4 Å². The predicted octanol–water partition coefficient (Wildman–Crippen LogP) is 5.44. The van der Waals surface area contributed by atoms with E-state index in [1.165, 1.54) is 12.1 Å². The zero-order valence-electron chi connectivity index (χ0n) is 22.4. The van der Waals surface area contributed by atoms with E-state index in [4.69, 9.17) is 21.6 Å². The number of pyridine rings is 2. The molecule has 3 aromatic heterocycles. The fraction of sp³-hybridized carbons (Fsp3) is 0.357. The summed E-state index contributed by atoms with van der Waals surface area (Å²) in [5, 5.41) is 3.66. The summed E-state index contributed by atoms with van der Waals surface area (Å²) in [6.45, 7) is 3.89. The van der Waals surface area contributed by atoms with Crippen LogP contribution in [0, 0.1) is 13.8 Å². The van der Waals surface area contributed by atoms with Crippen molar-refractivity contribution < 1.29 is 8.42 Å². The highest BCUT2D eigenvalue weighted by Gasteiger charge is 2.23. The molecule has 1 fully saturated rings. The number of hydrogen-bond donors (Lipinski definition) is 2. The standard InChI is InChI=1S/C28H32ClN7O2S/c1-17-14-26(35-39(37,38)25-8-6-5-7-22(25)29)30-15-21(17)23-13-18(2)27-24(33-23)16-31-28(34-27)32-19-9-11-20(12-10-19)36(3)4/h5-8,13-16,19-20H,9-12H2,1-4H3,(H,30,35)(H,31,32,34)/t19-,20-. The molecule has 0 spiro atoms. The Labute approximate surface area is 234 Å². The molecule has 5 rings (SSSR count). The highest BCUT2D eigenvalue weighted by atomic mass is 35.5. The number of nitrogens with zero attached hydrogens (tertiary/aromatic N) is 5. The second kappa shape index (κ2) is 11.0. The third kappa shape index (κ3) is 5.98. The van der Waals surface area contributed by atoms with Gasteiger partial charge in [0.25, 0.3) is 10.0 Å². The van der Waals surface area contributed by atoms with Crippen LogP contribution < -0.4 is 10.0 Å². The fourth-order valence-electron chi connectivity index (χ4n) is 5.04. The minimum atomic E-state index is -3.88. The number of rotatable bonds is 7. The van der Waals surface area contributed by atoms with Crippen LogP contribution in [0.3, 0.4) is 0 Å². The summed E-state index contributed by atoms with van der Waals surface area (Å²) in [4.78, 5) is 20.8. The summed E-state index contributed by atoms with van der Waals surface area (Å²) in [5.74, 6) is 0.828. The lowest BCUT2D eigenvalue weighted by Crippen LogP contribution is -2.36. The molecule has 39 heavy (non-hydrogen) atoms. The van der Waals surface area contributed by atoms with Crippen LogP contribution in [-0.4, -0.2) is 59.4 Å². The molecule has 1 saturated carbocycles. The first-order chi connectivity index (χ1) is 18.6. The minimum Gasteiger partial charge on any atom is -0.351 e. The van der Waals surface area contributed by atoms with Crippen molar-refractivity contribution in [1.82, 2.24) is 24.8 Å². The molecule has 0 aliphatic heterocycles. The lowest BCUT2D eigenvalue weighted by Gasteiger charge is -2.32. The quantitative estimate of drug-likeness (QED) is 0.304. The monoisotopic (exact) mass is 565 g/mol. The third-order valence-corrected chi connectivity index (χ3v) is 9.10. The number of halogens is 1. The van der Waals surface area contributed by atoms with Crippen molar-refractivity contribution in [3.8, 4) is 11.3 Å². The molecule has 1 aliphatic rings. The van der Waals surface area contributed by atoms with E-state index in [1.807, 2.05) is 19.9 Å². The summed E-state index contributed by atoms with van der Waals surface area (Å²) >= 11 is 6.08. The molecule has 0 bridgehead atoms. The van der Waals surface area contributed by atoms with Gasteiger partial charge < -0.3 is 10.2 Å². The van der Waals surface area contributed by atoms with Crippen LogP contribution in [0.1, 0.15) is 36.8 Å². The first-order valence-electron chi connectivity index (χ1n) is 12.9. The molecule has 0 unspecified atom stereocenters. The number of anilines is 2. The van der Waals surface area contributed by atoms with Crippen LogP contribution in [-0.2, 0) is 10.0 Å². The molecule has 9 nitrogen and oxygen atoms in total. The Balaban J connectivity index is 1.35. The van der Waals surface area contributed by atoms with Crippen molar-refractivity contribution in [3.63, 3.8) is 0 Å². The average molecular weight is 566 g/mol. The summed E-state index contributed by atoms with van der Waals surface area (Å²) in [6, 6.07) is 10.9. The Bertz CT molecular complexity index is 1620. The zero-order chi connectivity index (χ0) is 27.7. The van der Waals surface area contributed by atoms with Crippen molar-refractivity contribution in [1.29, 1.82) is 0 Å². The van der Waals surface area contributed by atoms with Crippen LogP contribution in [0.4, 0.5) is 11.8 Å². The van der Waals surface area contributed by atoms with Gasteiger partial charge >= 0.3 is 0 Å². The van der Waals surface area contributed by atoms with Crippen LogP contribution >= 0.6 is 11.6 Å². The molecule has 0 atom stereocenters. The molecule has 4 aromatic rings. The van der Waals surface area contributed by atoms with Gasteiger partial charge in [-0.1, -0.05) is 23.7 Å². The molecular weight excluding hydrogens is 534 g/mol. The second-order valence-corrected chi connectivity index (χ2v) is 12.3. The van der Waals surface area contributed by atoms with Gasteiger partial charge in [0.1, 0.15) is 16.2 Å². The Morgan fingerprint density at radius 2 is 1.69 bits per heavy atom. The number of hydrogen-bond acceptors (Lipinski definition) is 8. The van der Waals surface area contributed by atoms with E-state index in [2.05, 4.69) is 39.0 Å². The van der Waals surface area contributed by atoms with Gasteiger partial charge in [0.2, 0.25) is 5.95 Å². The predicted molar refractivity (Wildman–Crippen MR) is 156 cm³/mol. The van der Waals surface area contributed by atoms with E-state index >= 15 is 0 Å². The van der Waals surface area contributed by atoms with Gasteiger partial charge in [0, 0.05) is 23.8 Å². The molecule has 11 heteroatoms. The average Bonchev–Trinajstić information content (AvgIpc) is 2.89. The summed E-state index contributed by atoms with van der Waals surface area (Å²) in [6.07, 6.45) is 7.88. The van der Waals surface area contributed by atoms with E-state index in [0.29, 0.717) is 23.5 Å². The van der Waals surface area contributed by atoms with Gasteiger partial charge in [-0.15, -0.1) is 0 Å². The lowest BCUT2D eigenvalue weighted by atomic mass is 9.91. The van der Waals surface area contributed by atoms with Gasteiger partial charge in [0.15, 0.2) is 0 Å². The van der Waals surface area contributed by atoms with Crippen LogP contribution in [0.5, 0.6) is 0 Å². The van der Waals surface area contributed by atoms with E-state index in [1.54, 1.807) is 30.6 Å². The van der Waals surface area contributed by atoms with Crippen molar-refractivity contribution in [2.24, 2.45) is 0 Å². The fourth-order valence-corrected chi connectivity index (χ4v) is 6.56. The number of nitrogens with one attached hydrogen (secondary N) is 2. The van der Waals surface area contributed by atoms with E-state index in [9.17, 15) is 8.42 Å². The molecule has 2 N–H and O–H groups in total. The summed E-state index contributed by atoms with van der Waals surface area (Å²) < 4.78 is 28.1. The third-order valence-electron chi connectivity index (χ3n) is 7.25. The van der Waals surface area contributed by atoms with Crippen molar-refractivity contribution in [2.75, 3.05) is 24.1 Å². The van der Waals surface area contributed by atoms with Gasteiger partial charge in [-0.2, -0.15) is 0 Å². The van der Waals surface area contributed by atoms with E-state index in [0.717, 1.165) is 53.6 Å². The topological polar surface area (TPSA) is 113 Å². The minimum absolute atomic E-state index is 0.00267. The van der Waals surface area contributed by atoms with E-state index < -0.39 is 10.0 Å². The molecule has 1 aromatic carbocycles. The molecule has 0 saturated heterocycles. The Kier molecular flexibility index (Phi) is 7.70. The number of sulfonamides is 1. The van der Waals surface area contributed by atoms with Crippen molar-refractivity contribution in [3.05, 3.63) is 64.9 Å². The molecule has 0 amide bonds. The number of fused-ring (bicyclic) bond motifs is 1. The maximum absolute atomic E-state index is 12.8. The molecule has 3 heterocycles. The normalized spacial score (nSPS) is 17.9. The summed E-state index contributed by atoms with van der Waals surface area (Å²) in [7, 11) is 0.407. The first kappa shape index (κ1) is 27.2. The van der Waals surface area contributed by atoms with Gasteiger partial charge in [-0.05, 0) is 89.0 Å². The number of aromatic nitrogens is 4. The zero-order valence-corrected chi connectivity index (χ0v) is 24.0. The lowest BCUT2D eigenvalue weighted by molar-refractivity contribution is 0.221. The van der Waals surface area contributed by atoms with E-state index in [-0.39, 0.29) is 15.7 Å². The van der Waals surface area contributed by atoms with Gasteiger partial charge in [-0.25, -0.2) is 28.4 Å². The number of benzene rings is 1. The maximum atomic E-state index is 12.8. The van der Waals surface area contributed by atoms with Crippen molar-refractivity contribution in [2.45, 2.75) is 56.5 Å². The Morgan fingerprint density at radius 3 is 2.38 bits per heavy atom. The SMILES string of the molecule is Cc1cc(NS(=O)(=O)c2ccccc2Cl)ncc1-c1cc(C)c2nc(N[C@H]3CC[C@H](N(C)C)CC3)ncc2n1. The Morgan fingerprint density at radius 1 is 0.949 bits per heavy atom. The first-order valence-corrected chi connectivity index (χ1v) is 14.8. The molecule has 1 aliphatic carbocycles.